The molecule has 0 N–H and O–H groups in total. The van der Waals surface area contributed by atoms with E-state index in [0.717, 1.165) is 36.0 Å². The van der Waals surface area contributed by atoms with Gasteiger partial charge in [-0.05, 0) is 105 Å². The van der Waals surface area contributed by atoms with Crippen molar-refractivity contribution in [3.63, 3.8) is 0 Å². The first-order chi connectivity index (χ1) is 19.6. The van der Waals surface area contributed by atoms with Crippen molar-refractivity contribution in [2.24, 2.45) is 17.8 Å². The zero-order chi connectivity index (χ0) is 27.9. The summed E-state index contributed by atoms with van der Waals surface area (Å²) in [6.07, 6.45) is 15.1. The molecule has 1 saturated carbocycles. The molecule has 2 nitrogen and oxygen atoms in total. The van der Waals surface area contributed by atoms with Crippen LogP contribution in [0.25, 0.3) is 22.3 Å². The second kappa shape index (κ2) is 13.6. The van der Waals surface area contributed by atoms with Crippen LogP contribution < -0.4 is 4.74 Å². The highest BCUT2D eigenvalue weighted by molar-refractivity contribution is 5.71. The molecule has 5 rings (SSSR count). The minimum absolute atomic E-state index is 0.0590. The maximum atomic E-state index is 14.6. The van der Waals surface area contributed by atoms with E-state index in [1.807, 2.05) is 24.3 Å². The van der Waals surface area contributed by atoms with E-state index in [1.165, 1.54) is 56.6 Å². The van der Waals surface area contributed by atoms with Crippen LogP contribution in [-0.2, 0) is 4.74 Å². The zero-order valence-corrected chi connectivity index (χ0v) is 23.9. The Morgan fingerprint density at radius 1 is 0.775 bits per heavy atom. The predicted octanol–water partition coefficient (Wildman–Crippen LogP) is 10.3. The Labute approximate surface area is 238 Å². The highest BCUT2D eigenvalue weighted by Crippen LogP contribution is 2.41. The Hall–Kier alpha value is -2.98. The summed E-state index contributed by atoms with van der Waals surface area (Å²) >= 11 is 0. The molecule has 0 radical (unpaired) electrons. The molecule has 2 aliphatic rings. The van der Waals surface area contributed by atoms with Gasteiger partial charge in [-0.2, -0.15) is 4.39 Å². The van der Waals surface area contributed by atoms with Crippen molar-refractivity contribution in [3.8, 4) is 28.0 Å². The Morgan fingerprint density at radius 3 is 2.05 bits per heavy atom. The number of halogens is 2. The first-order valence-electron chi connectivity index (χ1n) is 15.1. The molecule has 2 fully saturated rings. The van der Waals surface area contributed by atoms with Crippen molar-refractivity contribution in [1.82, 2.24) is 0 Å². The molecule has 0 spiro atoms. The zero-order valence-electron chi connectivity index (χ0n) is 23.9. The quantitative estimate of drug-likeness (QED) is 0.250. The van der Waals surface area contributed by atoms with E-state index < -0.39 is 11.6 Å². The van der Waals surface area contributed by atoms with Gasteiger partial charge in [-0.3, -0.25) is 0 Å². The van der Waals surface area contributed by atoms with Crippen molar-refractivity contribution < 1.29 is 18.3 Å². The lowest BCUT2D eigenvalue weighted by molar-refractivity contribution is -0.0404. The average molecular weight is 545 g/mol. The molecule has 1 heterocycles. The molecule has 1 aliphatic carbocycles. The van der Waals surface area contributed by atoms with Crippen LogP contribution in [0, 0.1) is 29.4 Å². The van der Waals surface area contributed by atoms with E-state index in [2.05, 4.69) is 43.3 Å². The lowest BCUT2D eigenvalue weighted by Crippen LogP contribution is -2.29. The van der Waals surface area contributed by atoms with Crippen LogP contribution in [0.2, 0.25) is 0 Å². The fraction of sp³-hybridized carbons (Fsp3) is 0.444. The summed E-state index contributed by atoms with van der Waals surface area (Å²) in [6, 6.07) is 19.2. The fourth-order valence-corrected chi connectivity index (χ4v) is 6.61. The highest BCUT2D eigenvalue weighted by atomic mass is 19.2. The molecule has 3 aromatic carbocycles. The number of allylic oxidation sites excluding steroid dienone is 2. The molecule has 0 aromatic heterocycles. The van der Waals surface area contributed by atoms with Gasteiger partial charge in [-0.1, -0.05) is 73.5 Å². The molecule has 2 atom stereocenters. The first kappa shape index (κ1) is 28.5. The maximum absolute atomic E-state index is 14.6. The minimum atomic E-state index is -0.946. The summed E-state index contributed by atoms with van der Waals surface area (Å²) in [6.45, 7) is 5.02. The lowest BCUT2D eigenvalue weighted by atomic mass is 9.72. The molecular formula is C36H42F2O2. The van der Waals surface area contributed by atoms with E-state index in [-0.39, 0.29) is 24.0 Å². The van der Waals surface area contributed by atoms with Gasteiger partial charge in [-0.25, -0.2) is 4.39 Å². The largest absolute Gasteiger partial charge is 0.491 e. The summed E-state index contributed by atoms with van der Waals surface area (Å²) in [4.78, 5) is 0. The molecule has 3 aromatic rings. The van der Waals surface area contributed by atoms with Crippen LogP contribution >= 0.6 is 0 Å². The van der Waals surface area contributed by atoms with Crippen LogP contribution in [0.4, 0.5) is 8.78 Å². The molecule has 40 heavy (non-hydrogen) atoms. The predicted molar refractivity (Wildman–Crippen MR) is 159 cm³/mol. The third-order valence-corrected chi connectivity index (χ3v) is 9.00. The van der Waals surface area contributed by atoms with Crippen molar-refractivity contribution in [3.05, 3.63) is 90.0 Å². The van der Waals surface area contributed by atoms with Crippen molar-refractivity contribution in [1.29, 1.82) is 0 Å². The maximum Gasteiger partial charge on any atom is 0.201 e. The molecule has 0 amide bonds. The number of benzene rings is 3. The molecule has 1 saturated heterocycles. The second-order valence-electron chi connectivity index (χ2n) is 11.5. The van der Waals surface area contributed by atoms with Crippen LogP contribution in [0.5, 0.6) is 5.75 Å². The normalized spacial score (nSPS) is 23.4. The topological polar surface area (TPSA) is 18.5 Å². The fourth-order valence-electron chi connectivity index (χ4n) is 6.61. The van der Waals surface area contributed by atoms with Gasteiger partial charge >= 0.3 is 0 Å². The van der Waals surface area contributed by atoms with Gasteiger partial charge in [0.05, 0.1) is 19.3 Å². The van der Waals surface area contributed by atoms with Gasteiger partial charge in [0.25, 0.3) is 0 Å². The summed E-state index contributed by atoms with van der Waals surface area (Å²) < 4.78 is 40.6. The van der Waals surface area contributed by atoms with Gasteiger partial charge < -0.3 is 9.47 Å². The Kier molecular flexibility index (Phi) is 9.70. The van der Waals surface area contributed by atoms with Gasteiger partial charge in [0, 0.05) is 5.56 Å². The number of ether oxygens (including phenoxy) is 2. The SMILES string of the molecule is CC=CCCC1CCC(C2CCC(c3ccc(-c4ccc(-c5ccc(OCC)c(F)c5F)cc4)cc3)OC2)CC1. The van der Waals surface area contributed by atoms with Gasteiger partial charge in [-0.15, -0.1) is 0 Å². The molecule has 2 unspecified atom stereocenters. The summed E-state index contributed by atoms with van der Waals surface area (Å²) in [7, 11) is 0. The molecule has 0 bridgehead atoms. The van der Waals surface area contributed by atoms with E-state index in [1.54, 1.807) is 13.0 Å². The third-order valence-electron chi connectivity index (χ3n) is 9.00. The van der Waals surface area contributed by atoms with Crippen LogP contribution in [0.1, 0.15) is 76.9 Å². The Balaban J connectivity index is 1.14. The van der Waals surface area contributed by atoms with Gasteiger partial charge in [0.2, 0.25) is 5.82 Å². The minimum Gasteiger partial charge on any atom is -0.491 e. The van der Waals surface area contributed by atoms with Crippen molar-refractivity contribution in [2.45, 2.75) is 71.3 Å². The smallest absolute Gasteiger partial charge is 0.201 e. The summed E-state index contributed by atoms with van der Waals surface area (Å²) in [5.41, 5.74) is 4.22. The second-order valence-corrected chi connectivity index (χ2v) is 11.5. The number of hydrogen-bond donors (Lipinski definition) is 0. The first-order valence-corrected chi connectivity index (χ1v) is 15.1. The van der Waals surface area contributed by atoms with E-state index in [0.29, 0.717) is 11.5 Å². The van der Waals surface area contributed by atoms with E-state index >= 15 is 0 Å². The molecule has 1 aliphatic heterocycles. The van der Waals surface area contributed by atoms with Crippen LogP contribution in [0.15, 0.2) is 72.8 Å². The van der Waals surface area contributed by atoms with Crippen molar-refractivity contribution >= 4 is 0 Å². The summed E-state index contributed by atoms with van der Waals surface area (Å²) in [5.74, 6) is 0.562. The highest BCUT2D eigenvalue weighted by Gasteiger charge is 2.31. The molecule has 212 valence electrons. The van der Waals surface area contributed by atoms with E-state index in [9.17, 15) is 8.78 Å². The lowest BCUT2D eigenvalue weighted by Gasteiger charge is -2.38. The standard InChI is InChI=1S/C36H42F2O2/c1-3-5-6-7-25-8-10-28(11-9-25)31-20-22-33(40-24-31)30-18-14-27(15-19-30)26-12-16-29(17-13-26)32-21-23-34(39-4-2)36(38)35(32)37/h3,5,12-19,21,23,25,28,31,33H,4,6-11,20,22,24H2,1-2H3. The monoisotopic (exact) mass is 544 g/mol. The van der Waals surface area contributed by atoms with Gasteiger partial charge in [0.1, 0.15) is 0 Å². The third kappa shape index (κ3) is 6.66. The van der Waals surface area contributed by atoms with Gasteiger partial charge in [0.15, 0.2) is 11.6 Å². The number of hydrogen-bond acceptors (Lipinski definition) is 2. The number of rotatable bonds is 9. The molecule has 4 heteroatoms. The Bertz CT molecular complexity index is 1250. The average Bonchev–Trinajstić information content (AvgIpc) is 3.01. The van der Waals surface area contributed by atoms with Crippen LogP contribution in [-0.4, -0.2) is 13.2 Å². The summed E-state index contributed by atoms with van der Waals surface area (Å²) in [5, 5.41) is 0. The Morgan fingerprint density at radius 2 is 1.43 bits per heavy atom. The molecular weight excluding hydrogens is 502 g/mol. The van der Waals surface area contributed by atoms with E-state index in [4.69, 9.17) is 9.47 Å². The van der Waals surface area contributed by atoms with Crippen molar-refractivity contribution in [2.75, 3.05) is 13.2 Å². The van der Waals surface area contributed by atoms with Crippen LogP contribution in [0.3, 0.4) is 0 Å².